The van der Waals surface area contributed by atoms with Crippen LogP contribution in [0.25, 0.3) is 22.3 Å². The van der Waals surface area contributed by atoms with Crippen LogP contribution in [0.15, 0.2) is 36.5 Å². The summed E-state index contributed by atoms with van der Waals surface area (Å²) in [7, 11) is 0. The minimum atomic E-state index is 0.495. The standard InChI is InChI=1S/C16H14ClN3/c17-14-8-9-18-16(19-14)15-11-5-1-2-6-12(11)20-10-4-3-7-13(15)20/h1-2,5-6,8-9H,3-4,7,10H2. The Kier molecular flexibility index (Phi) is 2.74. The molecule has 0 amide bonds. The largest absolute Gasteiger partial charge is 0.344 e. The van der Waals surface area contributed by atoms with E-state index in [2.05, 4.69) is 38.8 Å². The van der Waals surface area contributed by atoms with Gasteiger partial charge in [-0.25, -0.2) is 9.97 Å². The van der Waals surface area contributed by atoms with Gasteiger partial charge in [-0.1, -0.05) is 29.8 Å². The minimum absolute atomic E-state index is 0.495. The van der Waals surface area contributed by atoms with Crippen LogP contribution in [0.3, 0.4) is 0 Å². The average molecular weight is 284 g/mol. The molecule has 1 aliphatic rings. The second-order valence-electron chi connectivity index (χ2n) is 5.15. The van der Waals surface area contributed by atoms with Gasteiger partial charge in [0.25, 0.3) is 0 Å². The molecule has 0 atom stereocenters. The van der Waals surface area contributed by atoms with Gasteiger partial charge >= 0.3 is 0 Å². The van der Waals surface area contributed by atoms with E-state index in [1.54, 1.807) is 12.3 Å². The summed E-state index contributed by atoms with van der Waals surface area (Å²) in [6.07, 6.45) is 5.28. The average Bonchev–Trinajstić information content (AvgIpc) is 2.82. The Morgan fingerprint density at radius 3 is 2.90 bits per heavy atom. The van der Waals surface area contributed by atoms with Gasteiger partial charge in [0.2, 0.25) is 0 Å². The monoisotopic (exact) mass is 283 g/mol. The van der Waals surface area contributed by atoms with Crippen molar-refractivity contribution in [1.82, 2.24) is 14.5 Å². The van der Waals surface area contributed by atoms with E-state index in [0.717, 1.165) is 24.4 Å². The predicted octanol–water partition coefficient (Wildman–Crippen LogP) is 4.09. The fourth-order valence-electron chi connectivity index (χ4n) is 3.14. The Labute approximate surface area is 122 Å². The molecule has 20 heavy (non-hydrogen) atoms. The number of hydrogen-bond donors (Lipinski definition) is 0. The summed E-state index contributed by atoms with van der Waals surface area (Å²) >= 11 is 6.04. The first-order chi connectivity index (χ1) is 9.84. The second kappa shape index (κ2) is 4.60. The van der Waals surface area contributed by atoms with Crippen LogP contribution in [0.4, 0.5) is 0 Å². The van der Waals surface area contributed by atoms with Gasteiger partial charge in [0, 0.05) is 34.9 Å². The predicted molar refractivity (Wildman–Crippen MR) is 80.9 cm³/mol. The van der Waals surface area contributed by atoms with Gasteiger partial charge in [-0.3, -0.25) is 0 Å². The number of benzene rings is 1. The van der Waals surface area contributed by atoms with Crippen LogP contribution in [0.2, 0.25) is 5.15 Å². The zero-order valence-electron chi connectivity index (χ0n) is 11.0. The van der Waals surface area contributed by atoms with Gasteiger partial charge in [0.05, 0.1) is 0 Å². The van der Waals surface area contributed by atoms with Gasteiger partial charge in [-0.2, -0.15) is 0 Å². The number of aryl methyl sites for hydroxylation is 1. The highest BCUT2D eigenvalue weighted by molar-refractivity contribution is 6.29. The van der Waals surface area contributed by atoms with Gasteiger partial charge in [-0.05, 0) is 31.4 Å². The van der Waals surface area contributed by atoms with Crippen molar-refractivity contribution < 1.29 is 0 Å². The fraction of sp³-hybridized carbons (Fsp3) is 0.250. The van der Waals surface area contributed by atoms with E-state index < -0.39 is 0 Å². The molecule has 4 rings (SSSR count). The molecule has 3 nitrogen and oxygen atoms in total. The Morgan fingerprint density at radius 1 is 1.10 bits per heavy atom. The van der Waals surface area contributed by atoms with Gasteiger partial charge in [0.15, 0.2) is 5.82 Å². The van der Waals surface area contributed by atoms with Crippen LogP contribution in [0, 0.1) is 0 Å². The highest BCUT2D eigenvalue weighted by Gasteiger charge is 2.22. The molecule has 3 aromatic rings. The molecule has 2 aromatic heterocycles. The highest BCUT2D eigenvalue weighted by atomic mass is 35.5. The first kappa shape index (κ1) is 11.9. The maximum atomic E-state index is 6.04. The normalized spacial score (nSPS) is 14.4. The molecule has 0 bridgehead atoms. The van der Waals surface area contributed by atoms with Crippen LogP contribution in [0.1, 0.15) is 18.5 Å². The van der Waals surface area contributed by atoms with Crippen molar-refractivity contribution in [3.05, 3.63) is 47.4 Å². The molecule has 0 spiro atoms. The molecule has 0 unspecified atom stereocenters. The molecule has 0 saturated heterocycles. The van der Waals surface area contributed by atoms with E-state index in [0.29, 0.717) is 5.15 Å². The number of aromatic nitrogens is 3. The molecule has 1 aromatic carbocycles. The third kappa shape index (κ3) is 1.74. The second-order valence-corrected chi connectivity index (χ2v) is 5.54. The topological polar surface area (TPSA) is 30.7 Å². The lowest BCUT2D eigenvalue weighted by Gasteiger charge is -2.16. The maximum absolute atomic E-state index is 6.04. The highest BCUT2D eigenvalue weighted by Crippen LogP contribution is 2.36. The lowest BCUT2D eigenvalue weighted by Crippen LogP contribution is -2.10. The van der Waals surface area contributed by atoms with Crippen molar-refractivity contribution >= 4 is 22.5 Å². The lowest BCUT2D eigenvalue weighted by atomic mass is 10.0. The summed E-state index contributed by atoms with van der Waals surface area (Å²) in [5, 5.41) is 1.72. The molecule has 0 saturated carbocycles. The molecule has 100 valence electrons. The number of para-hydroxylation sites is 1. The minimum Gasteiger partial charge on any atom is -0.344 e. The number of hydrogen-bond acceptors (Lipinski definition) is 2. The number of rotatable bonds is 1. The summed E-state index contributed by atoms with van der Waals surface area (Å²) in [5.74, 6) is 0.740. The molecular formula is C16H14ClN3. The zero-order chi connectivity index (χ0) is 13.5. The quantitative estimate of drug-likeness (QED) is 0.630. The van der Waals surface area contributed by atoms with Crippen molar-refractivity contribution in [3.63, 3.8) is 0 Å². The van der Waals surface area contributed by atoms with E-state index in [1.807, 2.05) is 0 Å². The van der Waals surface area contributed by atoms with Gasteiger partial charge in [0.1, 0.15) is 5.15 Å². The van der Waals surface area contributed by atoms with Crippen molar-refractivity contribution in [2.24, 2.45) is 0 Å². The molecule has 0 radical (unpaired) electrons. The summed E-state index contributed by atoms with van der Waals surface area (Å²) in [6, 6.07) is 10.2. The molecule has 3 heterocycles. The summed E-state index contributed by atoms with van der Waals surface area (Å²) < 4.78 is 2.42. The zero-order valence-corrected chi connectivity index (χ0v) is 11.8. The third-order valence-electron chi connectivity index (χ3n) is 3.97. The smallest absolute Gasteiger partial charge is 0.163 e. The van der Waals surface area contributed by atoms with E-state index in [4.69, 9.17) is 11.6 Å². The molecule has 1 aliphatic heterocycles. The van der Waals surface area contributed by atoms with Crippen molar-refractivity contribution in [2.45, 2.75) is 25.8 Å². The van der Waals surface area contributed by atoms with Crippen LogP contribution < -0.4 is 0 Å². The summed E-state index contributed by atoms with van der Waals surface area (Å²) in [6.45, 7) is 1.08. The Balaban J connectivity index is 2.08. The molecular weight excluding hydrogens is 270 g/mol. The van der Waals surface area contributed by atoms with Crippen LogP contribution in [-0.4, -0.2) is 14.5 Å². The molecule has 0 N–H and O–H groups in total. The molecule has 0 fully saturated rings. The van der Waals surface area contributed by atoms with Crippen molar-refractivity contribution in [2.75, 3.05) is 0 Å². The Morgan fingerprint density at radius 2 is 2.00 bits per heavy atom. The first-order valence-electron chi connectivity index (χ1n) is 6.93. The third-order valence-corrected chi connectivity index (χ3v) is 4.18. The van der Waals surface area contributed by atoms with E-state index >= 15 is 0 Å². The Bertz CT molecular complexity index is 792. The molecule has 4 heteroatoms. The molecule has 0 aliphatic carbocycles. The maximum Gasteiger partial charge on any atom is 0.163 e. The van der Waals surface area contributed by atoms with E-state index in [9.17, 15) is 0 Å². The van der Waals surface area contributed by atoms with Crippen LogP contribution in [0.5, 0.6) is 0 Å². The number of halogens is 1. The van der Waals surface area contributed by atoms with Crippen molar-refractivity contribution in [1.29, 1.82) is 0 Å². The summed E-state index contributed by atoms with van der Waals surface area (Å²) in [5.41, 5.74) is 3.78. The summed E-state index contributed by atoms with van der Waals surface area (Å²) in [4.78, 5) is 8.85. The number of fused-ring (bicyclic) bond motifs is 3. The lowest BCUT2D eigenvalue weighted by molar-refractivity contribution is 0.546. The van der Waals surface area contributed by atoms with E-state index in [1.165, 1.54) is 29.4 Å². The van der Waals surface area contributed by atoms with E-state index in [-0.39, 0.29) is 0 Å². The van der Waals surface area contributed by atoms with Crippen molar-refractivity contribution in [3.8, 4) is 11.4 Å². The number of nitrogens with zero attached hydrogens (tertiary/aromatic N) is 3. The Hall–Kier alpha value is -1.87. The van der Waals surface area contributed by atoms with Crippen LogP contribution in [-0.2, 0) is 13.0 Å². The SMILES string of the molecule is Clc1ccnc(-c2c3n(c4ccccc24)CCCC3)n1. The van der Waals surface area contributed by atoms with Gasteiger partial charge < -0.3 is 4.57 Å². The van der Waals surface area contributed by atoms with Gasteiger partial charge in [-0.15, -0.1) is 0 Å². The fourth-order valence-corrected chi connectivity index (χ4v) is 3.28. The van der Waals surface area contributed by atoms with Crippen LogP contribution >= 0.6 is 11.6 Å². The first-order valence-corrected chi connectivity index (χ1v) is 7.31.